The molecule has 21 heavy (non-hydrogen) atoms. The van der Waals surface area contributed by atoms with Crippen LogP contribution in [0.25, 0.3) is 0 Å². The molecule has 0 fully saturated rings. The Balaban J connectivity index is 0.000000219. The van der Waals surface area contributed by atoms with Crippen molar-refractivity contribution in [1.82, 2.24) is 4.98 Å². The molecule has 1 amide bonds. The van der Waals surface area contributed by atoms with E-state index >= 15 is 0 Å². The van der Waals surface area contributed by atoms with Gasteiger partial charge in [0.2, 0.25) is 11.7 Å². The number of nitrogens with zero attached hydrogens (tertiary/aromatic N) is 1. The van der Waals surface area contributed by atoms with Crippen molar-refractivity contribution in [2.45, 2.75) is 12.2 Å². The summed E-state index contributed by atoms with van der Waals surface area (Å²) in [5.74, 6) is -3.22. The van der Waals surface area contributed by atoms with Crippen LogP contribution in [0, 0.1) is 0 Å². The maximum atomic E-state index is 10.5. The summed E-state index contributed by atoms with van der Waals surface area (Å²) in [4.78, 5) is 24.6. The zero-order valence-corrected chi connectivity index (χ0v) is 10.7. The second kappa shape index (κ2) is 7.22. The van der Waals surface area contributed by atoms with Crippen molar-refractivity contribution in [3.63, 3.8) is 0 Å². The maximum absolute atomic E-state index is 10.5. The SMILES string of the molecule is NC(=O)c1cccnc1.O=C1OC(C(O)CO)C(O)=C1O. The largest absolute Gasteiger partial charge is 0.505 e. The van der Waals surface area contributed by atoms with Crippen molar-refractivity contribution in [3.8, 4) is 0 Å². The Bertz CT molecular complexity index is 544. The minimum Gasteiger partial charge on any atom is -0.505 e. The van der Waals surface area contributed by atoms with Crippen LogP contribution in [0.15, 0.2) is 36.0 Å². The van der Waals surface area contributed by atoms with E-state index < -0.39 is 42.2 Å². The van der Waals surface area contributed by atoms with Gasteiger partial charge >= 0.3 is 5.97 Å². The summed E-state index contributed by atoms with van der Waals surface area (Å²) in [6, 6.07) is 3.29. The molecule has 0 spiro atoms. The Morgan fingerprint density at radius 1 is 1.48 bits per heavy atom. The standard InChI is InChI=1S/C6H6N2O.C6H8O6/c7-6(9)5-2-1-3-8-4-5;7-1-2(8)5-3(9)4(10)6(11)12-5/h1-4H,(H2,7,9);2,5,7-10H,1H2. The lowest BCUT2D eigenvalue weighted by Crippen LogP contribution is -2.31. The van der Waals surface area contributed by atoms with Gasteiger partial charge in [-0.05, 0) is 12.1 Å². The first-order valence-electron chi connectivity index (χ1n) is 5.70. The summed E-state index contributed by atoms with van der Waals surface area (Å²) in [5, 5.41) is 35.0. The molecule has 2 unspecified atom stereocenters. The zero-order chi connectivity index (χ0) is 16.0. The first-order valence-corrected chi connectivity index (χ1v) is 5.70. The van der Waals surface area contributed by atoms with Crippen molar-refractivity contribution in [2.24, 2.45) is 5.73 Å². The van der Waals surface area contributed by atoms with E-state index in [9.17, 15) is 9.59 Å². The van der Waals surface area contributed by atoms with Crippen LogP contribution in [0.3, 0.4) is 0 Å². The van der Waals surface area contributed by atoms with E-state index in [0.29, 0.717) is 5.56 Å². The summed E-state index contributed by atoms with van der Waals surface area (Å²) in [6.45, 7) is -0.671. The Hall–Kier alpha value is -2.65. The molecule has 1 aliphatic rings. The van der Waals surface area contributed by atoms with Crippen molar-refractivity contribution in [1.29, 1.82) is 0 Å². The number of esters is 1. The number of aromatic nitrogens is 1. The molecule has 0 radical (unpaired) electrons. The summed E-state index contributed by atoms with van der Waals surface area (Å²) < 4.78 is 4.32. The van der Waals surface area contributed by atoms with Crippen molar-refractivity contribution < 1.29 is 34.8 Å². The number of hydrogen-bond acceptors (Lipinski definition) is 8. The molecule has 6 N–H and O–H groups in total. The monoisotopic (exact) mass is 298 g/mol. The van der Waals surface area contributed by atoms with E-state index in [1.807, 2.05) is 0 Å². The van der Waals surface area contributed by atoms with Crippen LogP contribution in [0.4, 0.5) is 0 Å². The van der Waals surface area contributed by atoms with Gasteiger partial charge in [0.25, 0.3) is 0 Å². The Kier molecular flexibility index (Phi) is 5.64. The van der Waals surface area contributed by atoms with Crippen LogP contribution in [-0.4, -0.2) is 56.1 Å². The fraction of sp³-hybridized carbons (Fsp3) is 0.250. The van der Waals surface area contributed by atoms with E-state index in [2.05, 4.69) is 9.72 Å². The lowest BCUT2D eigenvalue weighted by Gasteiger charge is -2.13. The molecule has 9 heteroatoms. The molecule has 2 rings (SSSR count). The van der Waals surface area contributed by atoms with Gasteiger partial charge in [-0.15, -0.1) is 0 Å². The third-order valence-electron chi connectivity index (χ3n) is 2.42. The summed E-state index contributed by atoms with van der Waals surface area (Å²) in [7, 11) is 0. The Morgan fingerprint density at radius 2 is 2.14 bits per heavy atom. The van der Waals surface area contributed by atoms with Gasteiger partial charge in [0, 0.05) is 12.4 Å². The van der Waals surface area contributed by atoms with Gasteiger partial charge in [0.1, 0.15) is 6.10 Å². The quantitative estimate of drug-likeness (QED) is 0.433. The molecule has 0 saturated heterocycles. The first-order chi connectivity index (χ1) is 9.88. The number of hydrogen-bond donors (Lipinski definition) is 5. The first kappa shape index (κ1) is 16.4. The van der Waals surface area contributed by atoms with Gasteiger partial charge < -0.3 is 30.9 Å². The minimum atomic E-state index is -1.42. The number of pyridine rings is 1. The molecule has 1 aromatic rings. The van der Waals surface area contributed by atoms with Gasteiger partial charge in [-0.25, -0.2) is 4.79 Å². The number of aliphatic hydroxyl groups is 4. The molecule has 2 atom stereocenters. The highest BCUT2D eigenvalue weighted by atomic mass is 16.6. The second-order valence-electron chi connectivity index (χ2n) is 3.92. The number of rotatable bonds is 3. The summed E-state index contributed by atoms with van der Waals surface area (Å²) >= 11 is 0. The molecule has 0 bridgehead atoms. The smallest absolute Gasteiger partial charge is 0.377 e. The lowest BCUT2D eigenvalue weighted by molar-refractivity contribution is -0.147. The number of aliphatic hydroxyl groups excluding tert-OH is 4. The number of carbonyl (C=O) groups excluding carboxylic acids is 2. The van der Waals surface area contributed by atoms with Gasteiger partial charge in [-0.1, -0.05) is 0 Å². The third-order valence-corrected chi connectivity index (χ3v) is 2.42. The number of nitrogens with two attached hydrogens (primary N) is 1. The van der Waals surface area contributed by atoms with Crippen LogP contribution >= 0.6 is 0 Å². The van der Waals surface area contributed by atoms with Gasteiger partial charge in [-0.2, -0.15) is 0 Å². The van der Waals surface area contributed by atoms with E-state index in [-0.39, 0.29) is 0 Å². The minimum absolute atomic E-state index is 0.442. The predicted molar refractivity (Wildman–Crippen MR) is 68.0 cm³/mol. The molecule has 0 aromatic carbocycles. The van der Waals surface area contributed by atoms with Crippen LogP contribution in [0.1, 0.15) is 10.4 Å². The topological polar surface area (TPSA) is 163 Å². The molecule has 1 aromatic heterocycles. The van der Waals surface area contributed by atoms with Gasteiger partial charge in [0.05, 0.1) is 12.2 Å². The van der Waals surface area contributed by atoms with Crippen molar-refractivity contribution in [3.05, 3.63) is 41.6 Å². The highest BCUT2D eigenvalue weighted by Gasteiger charge is 2.38. The number of cyclic esters (lactones) is 1. The summed E-state index contributed by atoms with van der Waals surface area (Å²) in [5.41, 5.74) is 5.38. The van der Waals surface area contributed by atoms with Gasteiger partial charge in [-0.3, -0.25) is 9.78 Å². The average molecular weight is 298 g/mol. The molecular weight excluding hydrogens is 284 g/mol. The molecule has 0 saturated carbocycles. The molecule has 9 nitrogen and oxygen atoms in total. The molecule has 0 aliphatic carbocycles. The fourth-order valence-electron chi connectivity index (χ4n) is 1.33. The number of primary amides is 1. The van der Waals surface area contributed by atoms with E-state index in [4.69, 9.17) is 26.2 Å². The molecule has 1 aliphatic heterocycles. The van der Waals surface area contributed by atoms with Crippen molar-refractivity contribution in [2.75, 3.05) is 6.61 Å². The highest BCUT2D eigenvalue weighted by molar-refractivity contribution is 5.92. The van der Waals surface area contributed by atoms with E-state index in [1.54, 1.807) is 18.3 Å². The van der Waals surface area contributed by atoms with Gasteiger partial charge in [0.15, 0.2) is 11.9 Å². The van der Waals surface area contributed by atoms with Crippen LogP contribution in [-0.2, 0) is 9.53 Å². The van der Waals surface area contributed by atoms with E-state index in [1.165, 1.54) is 6.20 Å². The predicted octanol–water partition coefficient (Wildman–Crippen LogP) is -1.23. The third kappa shape index (κ3) is 4.16. The van der Waals surface area contributed by atoms with Crippen LogP contribution < -0.4 is 5.73 Å². The molecule has 114 valence electrons. The van der Waals surface area contributed by atoms with Crippen LogP contribution in [0.2, 0.25) is 0 Å². The van der Waals surface area contributed by atoms with Crippen molar-refractivity contribution >= 4 is 11.9 Å². The highest BCUT2D eigenvalue weighted by Crippen LogP contribution is 2.20. The van der Waals surface area contributed by atoms with Crippen LogP contribution in [0.5, 0.6) is 0 Å². The Morgan fingerprint density at radius 3 is 2.48 bits per heavy atom. The summed E-state index contributed by atoms with van der Waals surface area (Å²) in [6.07, 6.45) is 0.246. The number of carbonyl (C=O) groups is 2. The lowest BCUT2D eigenvalue weighted by atomic mass is 10.2. The zero-order valence-electron chi connectivity index (χ0n) is 10.7. The second-order valence-corrected chi connectivity index (χ2v) is 3.92. The number of amides is 1. The van der Waals surface area contributed by atoms with E-state index in [0.717, 1.165) is 0 Å². The molecule has 2 heterocycles. The fourth-order valence-corrected chi connectivity index (χ4v) is 1.33. The normalized spacial score (nSPS) is 18.6. The number of ether oxygens (including phenoxy) is 1. The maximum Gasteiger partial charge on any atom is 0.377 e. The molecular formula is C12H14N2O7. The average Bonchev–Trinajstić information content (AvgIpc) is 2.75. The Labute approximate surface area is 118 Å².